The van der Waals surface area contributed by atoms with Crippen molar-refractivity contribution in [2.75, 3.05) is 29.2 Å². The van der Waals surface area contributed by atoms with Crippen LogP contribution >= 0.6 is 11.8 Å². The van der Waals surface area contributed by atoms with Crippen LogP contribution < -0.4 is 10.6 Å². The minimum Gasteiger partial charge on any atom is -0.382 e. The lowest BCUT2D eigenvalue weighted by Crippen LogP contribution is -2.47. The molecule has 1 aromatic heterocycles. The summed E-state index contributed by atoms with van der Waals surface area (Å²) in [7, 11) is -3.20. The number of amidine groups is 1. The molecule has 2 heterocycles. The van der Waals surface area contributed by atoms with Crippen molar-refractivity contribution in [2.45, 2.75) is 5.37 Å². The van der Waals surface area contributed by atoms with Gasteiger partial charge in [0.25, 0.3) is 0 Å². The average Bonchev–Trinajstić information content (AvgIpc) is 2.37. The minimum atomic E-state index is -3.20. The van der Waals surface area contributed by atoms with Crippen LogP contribution in [-0.2, 0) is 9.84 Å². The van der Waals surface area contributed by atoms with E-state index in [1.807, 2.05) is 0 Å². The lowest BCUT2D eigenvalue weighted by atomic mass is 10.2. The summed E-state index contributed by atoms with van der Waals surface area (Å²) < 4.78 is 23.8. The molecule has 2 rings (SSSR count). The molecule has 1 aliphatic rings. The number of thioether (sulfide) groups is 1. The van der Waals surface area contributed by atoms with Gasteiger partial charge in [-0.1, -0.05) is 0 Å². The quantitative estimate of drug-likeness (QED) is 0.615. The average molecular weight is 300 g/mol. The van der Waals surface area contributed by atoms with E-state index >= 15 is 0 Å². The maximum absolute atomic E-state index is 11.9. The lowest BCUT2D eigenvalue weighted by molar-refractivity contribution is 0.584. The van der Waals surface area contributed by atoms with Crippen LogP contribution in [0.25, 0.3) is 0 Å². The van der Waals surface area contributed by atoms with Crippen LogP contribution in [0.2, 0.25) is 0 Å². The van der Waals surface area contributed by atoms with Gasteiger partial charge in [0.15, 0.2) is 9.84 Å². The number of hydrogen-bond acceptors (Lipinski definition) is 6. The number of aromatic nitrogens is 1. The molecule has 0 aromatic carbocycles. The zero-order valence-electron chi connectivity index (χ0n) is 10.5. The maximum Gasteiger partial charge on any atom is 0.169 e. The number of hydrogen-bond donors (Lipinski definition) is 2. The molecular formula is C11H16N4O2S2. The number of sulfone groups is 1. The molecule has 19 heavy (non-hydrogen) atoms. The summed E-state index contributed by atoms with van der Waals surface area (Å²) in [5.74, 6) is 1.21. The molecule has 0 saturated carbocycles. The highest BCUT2D eigenvalue weighted by molar-refractivity contribution is 8.01. The van der Waals surface area contributed by atoms with Gasteiger partial charge < -0.3 is 10.6 Å². The Morgan fingerprint density at radius 3 is 3.00 bits per heavy atom. The van der Waals surface area contributed by atoms with E-state index in [4.69, 9.17) is 11.1 Å². The molecule has 0 aliphatic carbocycles. The summed E-state index contributed by atoms with van der Waals surface area (Å²) >= 11 is 1.62. The van der Waals surface area contributed by atoms with E-state index in [0.29, 0.717) is 23.7 Å². The van der Waals surface area contributed by atoms with Crippen LogP contribution in [0.15, 0.2) is 18.3 Å². The van der Waals surface area contributed by atoms with E-state index < -0.39 is 15.2 Å². The molecule has 1 saturated heterocycles. The third-order valence-electron chi connectivity index (χ3n) is 2.93. The Balaban J connectivity index is 2.46. The third kappa shape index (κ3) is 3.01. The SMILES string of the molecule is CS(=O)(=O)C1CSCCN1c1cccnc1C(=N)N. The minimum absolute atomic E-state index is 0.152. The molecule has 0 amide bonds. The molecule has 1 unspecified atom stereocenters. The molecule has 1 fully saturated rings. The van der Waals surface area contributed by atoms with Gasteiger partial charge >= 0.3 is 0 Å². The topological polar surface area (TPSA) is 100 Å². The molecule has 0 bridgehead atoms. The van der Waals surface area contributed by atoms with Gasteiger partial charge in [-0.2, -0.15) is 11.8 Å². The molecule has 8 heteroatoms. The van der Waals surface area contributed by atoms with Crippen molar-refractivity contribution >= 4 is 33.1 Å². The maximum atomic E-state index is 11.9. The van der Waals surface area contributed by atoms with Crippen LogP contribution in [0.4, 0.5) is 5.69 Å². The zero-order valence-corrected chi connectivity index (χ0v) is 12.2. The predicted molar refractivity (Wildman–Crippen MR) is 78.6 cm³/mol. The second kappa shape index (κ2) is 5.38. The highest BCUT2D eigenvalue weighted by Gasteiger charge is 2.32. The molecule has 0 radical (unpaired) electrons. The van der Waals surface area contributed by atoms with Crippen LogP contribution in [0.5, 0.6) is 0 Å². The van der Waals surface area contributed by atoms with Gasteiger partial charge in [-0.15, -0.1) is 0 Å². The van der Waals surface area contributed by atoms with E-state index in [0.717, 1.165) is 5.75 Å². The van der Waals surface area contributed by atoms with Crippen molar-refractivity contribution in [3.05, 3.63) is 24.0 Å². The smallest absolute Gasteiger partial charge is 0.169 e. The molecule has 6 nitrogen and oxygen atoms in total. The summed E-state index contributed by atoms with van der Waals surface area (Å²) in [5.41, 5.74) is 6.47. The van der Waals surface area contributed by atoms with E-state index in [1.54, 1.807) is 35.0 Å². The summed E-state index contributed by atoms with van der Waals surface area (Å²) in [6.45, 7) is 0.606. The van der Waals surface area contributed by atoms with Crippen LogP contribution in [-0.4, -0.2) is 48.9 Å². The van der Waals surface area contributed by atoms with Crippen molar-refractivity contribution in [1.29, 1.82) is 5.41 Å². The standard InChI is InChI=1S/C11H16N4O2S2/c1-19(16,17)9-7-18-6-5-15(9)8-3-2-4-14-10(8)11(12)13/h2-4,9H,5-7H2,1H3,(H3,12,13). The van der Waals surface area contributed by atoms with Crippen molar-refractivity contribution in [2.24, 2.45) is 5.73 Å². The molecule has 1 atom stereocenters. The Bertz CT molecular complexity index is 588. The normalized spacial score (nSPS) is 20.3. The van der Waals surface area contributed by atoms with Crippen LogP contribution in [0.3, 0.4) is 0 Å². The first-order valence-corrected chi connectivity index (χ1v) is 8.85. The number of nitrogens with zero attached hydrogens (tertiary/aromatic N) is 2. The highest BCUT2D eigenvalue weighted by Crippen LogP contribution is 2.28. The van der Waals surface area contributed by atoms with Crippen LogP contribution in [0, 0.1) is 5.41 Å². The molecule has 1 aromatic rings. The molecule has 0 spiro atoms. The van der Waals surface area contributed by atoms with Crippen molar-refractivity contribution in [1.82, 2.24) is 4.98 Å². The fourth-order valence-electron chi connectivity index (χ4n) is 2.05. The second-order valence-corrected chi connectivity index (χ2v) is 7.69. The Hall–Kier alpha value is -1.28. The molecule has 104 valence electrons. The number of anilines is 1. The number of nitrogens with two attached hydrogens (primary N) is 1. The first kappa shape index (κ1) is 14.1. The van der Waals surface area contributed by atoms with E-state index in [9.17, 15) is 8.42 Å². The van der Waals surface area contributed by atoms with E-state index in [2.05, 4.69) is 4.98 Å². The second-order valence-electron chi connectivity index (χ2n) is 4.34. The highest BCUT2D eigenvalue weighted by atomic mass is 32.2. The van der Waals surface area contributed by atoms with E-state index in [1.165, 1.54) is 6.26 Å². The summed E-state index contributed by atoms with van der Waals surface area (Å²) in [6.07, 6.45) is 2.79. The summed E-state index contributed by atoms with van der Waals surface area (Å²) in [5, 5.41) is 6.96. The Morgan fingerprint density at radius 2 is 2.37 bits per heavy atom. The molecule has 1 aliphatic heterocycles. The molecular weight excluding hydrogens is 284 g/mol. The number of nitrogens with one attached hydrogen (secondary N) is 1. The summed E-state index contributed by atoms with van der Waals surface area (Å²) in [4.78, 5) is 5.86. The third-order valence-corrected chi connectivity index (χ3v) is 5.57. The predicted octanol–water partition coefficient (Wildman–Crippen LogP) is 0.290. The van der Waals surface area contributed by atoms with Crippen molar-refractivity contribution in [3.8, 4) is 0 Å². The van der Waals surface area contributed by atoms with Crippen LogP contribution in [0.1, 0.15) is 5.69 Å². The van der Waals surface area contributed by atoms with Crippen molar-refractivity contribution in [3.63, 3.8) is 0 Å². The van der Waals surface area contributed by atoms with Gasteiger partial charge in [0.05, 0.1) is 5.69 Å². The number of nitrogen functional groups attached to an aromatic ring is 1. The first-order valence-electron chi connectivity index (χ1n) is 5.74. The number of pyridine rings is 1. The van der Waals surface area contributed by atoms with Gasteiger partial charge in [0.1, 0.15) is 16.9 Å². The van der Waals surface area contributed by atoms with Gasteiger partial charge in [-0.05, 0) is 12.1 Å². The Kier molecular flexibility index (Phi) is 4.00. The fourth-order valence-corrected chi connectivity index (χ4v) is 4.88. The first-order chi connectivity index (χ1) is 8.91. The van der Waals surface area contributed by atoms with E-state index in [-0.39, 0.29) is 5.84 Å². The monoisotopic (exact) mass is 300 g/mol. The van der Waals surface area contributed by atoms with Gasteiger partial charge in [-0.25, -0.2) is 8.42 Å². The van der Waals surface area contributed by atoms with Gasteiger partial charge in [-0.3, -0.25) is 10.4 Å². The van der Waals surface area contributed by atoms with Crippen molar-refractivity contribution < 1.29 is 8.42 Å². The zero-order chi connectivity index (χ0) is 14.0. The Morgan fingerprint density at radius 1 is 1.63 bits per heavy atom. The fraction of sp³-hybridized carbons (Fsp3) is 0.455. The lowest BCUT2D eigenvalue weighted by Gasteiger charge is -2.36. The largest absolute Gasteiger partial charge is 0.382 e. The summed E-state index contributed by atoms with van der Waals surface area (Å²) in [6, 6.07) is 3.49. The Labute approximate surface area is 116 Å². The molecule has 3 N–H and O–H groups in total. The van der Waals surface area contributed by atoms with Gasteiger partial charge in [0, 0.05) is 30.5 Å². The number of rotatable bonds is 3. The van der Waals surface area contributed by atoms with Gasteiger partial charge in [0.2, 0.25) is 0 Å².